The summed E-state index contributed by atoms with van der Waals surface area (Å²) in [4.78, 5) is 14.1. The van der Waals surface area contributed by atoms with E-state index in [1.54, 1.807) is 7.11 Å². The van der Waals surface area contributed by atoms with Crippen molar-refractivity contribution in [1.82, 2.24) is 10.2 Å². The summed E-state index contributed by atoms with van der Waals surface area (Å²) in [6.07, 6.45) is 1.79. The van der Waals surface area contributed by atoms with Crippen LogP contribution in [0.4, 0.5) is 0 Å². The molecule has 0 radical (unpaired) electrons. The molecule has 1 N–H and O–H groups in total. The van der Waals surface area contributed by atoms with Crippen molar-refractivity contribution >= 4 is 5.91 Å². The minimum Gasteiger partial charge on any atom is -0.497 e. The first-order valence-corrected chi connectivity index (χ1v) is 7.83. The lowest BCUT2D eigenvalue weighted by molar-refractivity contribution is -0.128. The molecule has 21 heavy (non-hydrogen) atoms. The van der Waals surface area contributed by atoms with Gasteiger partial charge in [0.05, 0.1) is 7.11 Å². The summed E-state index contributed by atoms with van der Waals surface area (Å²) in [6, 6.07) is 8.27. The minimum atomic E-state index is 0.181. The molecular formula is C17H26N2O2. The predicted octanol–water partition coefficient (Wildman–Crippen LogP) is 2.60. The van der Waals surface area contributed by atoms with Crippen LogP contribution in [0.2, 0.25) is 0 Å². The molecule has 1 fully saturated rings. The molecule has 1 aliphatic heterocycles. The van der Waals surface area contributed by atoms with E-state index in [1.165, 1.54) is 5.56 Å². The van der Waals surface area contributed by atoms with Gasteiger partial charge >= 0.3 is 0 Å². The summed E-state index contributed by atoms with van der Waals surface area (Å²) in [7, 11) is 1.67. The number of carbonyl (C=O) groups excluding carboxylic acids is 1. The first kappa shape index (κ1) is 15.8. The average molecular weight is 290 g/mol. The SMILES string of the molecule is CCNC(CN1CC(CC)CC1=O)c1ccc(OC)cc1. The number of hydrogen-bond donors (Lipinski definition) is 1. The van der Waals surface area contributed by atoms with E-state index in [2.05, 4.69) is 31.3 Å². The molecule has 1 heterocycles. The highest BCUT2D eigenvalue weighted by Crippen LogP contribution is 2.24. The zero-order valence-corrected chi connectivity index (χ0v) is 13.3. The maximum absolute atomic E-state index is 12.1. The van der Waals surface area contributed by atoms with Gasteiger partial charge in [0.2, 0.25) is 5.91 Å². The van der Waals surface area contributed by atoms with Gasteiger partial charge in [-0.05, 0) is 30.2 Å². The van der Waals surface area contributed by atoms with E-state index in [1.807, 2.05) is 17.0 Å². The molecule has 0 aliphatic carbocycles. The Bertz CT molecular complexity index is 458. The van der Waals surface area contributed by atoms with Crippen molar-refractivity contribution in [3.63, 3.8) is 0 Å². The van der Waals surface area contributed by atoms with Crippen molar-refractivity contribution < 1.29 is 9.53 Å². The van der Waals surface area contributed by atoms with E-state index < -0.39 is 0 Å². The number of methoxy groups -OCH3 is 1. The molecule has 1 aromatic carbocycles. The van der Waals surface area contributed by atoms with E-state index in [9.17, 15) is 4.79 Å². The van der Waals surface area contributed by atoms with Gasteiger partial charge in [-0.1, -0.05) is 32.4 Å². The first-order chi connectivity index (χ1) is 10.2. The van der Waals surface area contributed by atoms with Crippen LogP contribution in [-0.2, 0) is 4.79 Å². The predicted molar refractivity (Wildman–Crippen MR) is 84.4 cm³/mol. The highest BCUT2D eigenvalue weighted by molar-refractivity contribution is 5.78. The van der Waals surface area contributed by atoms with Gasteiger partial charge in [-0.25, -0.2) is 0 Å². The molecule has 1 saturated heterocycles. The quantitative estimate of drug-likeness (QED) is 0.839. The second kappa shape index (κ2) is 7.46. The molecule has 0 spiro atoms. The van der Waals surface area contributed by atoms with Gasteiger partial charge < -0.3 is 15.0 Å². The number of rotatable bonds is 7. The summed E-state index contributed by atoms with van der Waals surface area (Å²) in [6.45, 7) is 6.78. The number of ether oxygens (including phenoxy) is 1. The van der Waals surface area contributed by atoms with Crippen molar-refractivity contribution in [3.05, 3.63) is 29.8 Å². The fraction of sp³-hybridized carbons (Fsp3) is 0.588. The molecule has 0 saturated carbocycles. The van der Waals surface area contributed by atoms with Crippen LogP contribution >= 0.6 is 0 Å². The minimum absolute atomic E-state index is 0.181. The topological polar surface area (TPSA) is 41.6 Å². The highest BCUT2D eigenvalue weighted by atomic mass is 16.5. The normalized spacial score (nSPS) is 19.9. The lowest BCUT2D eigenvalue weighted by atomic mass is 10.1. The highest BCUT2D eigenvalue weighted by Gasteiger charge is 2.30. The van der Waals surface area contributed by atoms with E-state index in [4.69, 9.17) is 4.74 Å². The molecule has 4 heteroatoms. The number of nitrogens with zero attached hydrogens (tertiary/aromatic N) is 1. The fourth-order valence-electron chi connectivity index (χ4n) is 2.89. The third-order valence-corrected chi connectivity index (χ3v) is 4.24. The monoisotopic (exact) mass is 290 g/mol. The molecule has 1 aliphatic rings. The maximum atomic E-state index is 12.1. The summed E-state index contributed by atoms with van der Waals surface area (Å²) in [5.41, 5.74) is 1.20. The van der Waals surface area contributed by atoms with Gasteiger partial charge in [-0.15, -0.1) is 0 Å². The molecule has 4 nitrogen and oxygen atoms in total. The van der Waals surface area contributed by atoms with Gasteiger partial charge in [0, 0.05) is 25.6 Å². The van der Waals surface area contributed by atoms with Crippen molar-refractivity contribution in [2.24, 2.45) is 5.92 Å². The Morgan fingerprint density at radius 1 is 1.33 bits per heavy atom. The summed E-state index contributed by atoms with van der Waals surface area (Å²) >= 11 is 0. The van der Waals surface area contributed by atoms with Crippen molar-refractivity contribution in [1.29, 1.82) is 0 Å². The Hall–Kier alpha value is -1.55. The van der Waals surface area contributed by atoms with Crippen LogP contribution in [0.5, 0.6) is 5.75 Å². The third-order valence-electron chi connectivity index (χ3n) is 4.24. The number of nitrogens with one attached hydrogen (secondary N) is 1. The van der Waals surface area contributed by atoms with E-state index in [-0.39, 0.29) is 6.04 Å². The fourth-order valence-corrected chi connectivity index (χ4v) is 2.89. The number of amides is 1. The van der Waals surface area contributed by atoms with Crippen LogP contribution in [-0.4, -0.2) is 37.6 Å². The molecule has 2 unspecified atom stereocenters. The molecule has 1 aromatic rings. The van der Waals surface area contributed by atoms with Crippen molar-refractivity contribution in [3.8, 4) is 5.75 Å². The number of carbonyl (C=O) groups is 1. The van der Waals surface area contributed by atoms with Gasteiger partial charge in [0.15, 0.2) is 0 Å². The lowest BCUT2D eigenvalue weighted by Gasteiger charge is -2.25. The van der Waals surface area contributed by atoms with Crippen LogP contribution in [0.3, 0.4) is 0 Å². The molecule has 0 aromatic heterocycles. The molecule has 0 bridgehead atoms. The van der Waals surface area contributed by atoms with Gasteiger partial charge in [0.1, 0.15) is 5.75 Å². The largest absolute Gasteiger partial charge is 0.497 e. The molecule has 2 atom stereocenters. The second-order valence-electron chi connectivity index (χ2n) is 5.66. The van der Waals surface area contributed by atoms with Crippen molar-refractivity contribution in [2.45, 2.75) is 32.7 Å². The molecule has 1 amide bonds. The van der Waals surface area contributed by atoms with Crippen LogP contribution in [0.25, 0.3) is 0 Å². The van der Waals surface area contributed by atoms with Crippen LogP contribution < -0.4 is 10.1 Å². The van der Waals surface area contributed by atoms with Crippen LogP contribution in [0, 0.1) is 5.92 Å². The Morgan fingerprint density at radius 3 is 2.57 bits per heavy atom. The summed E-state index contributed by atoms with van der Waals surface area (Å²) in [5, 5.41) is 3.48. The molecular weight excluding hydrogens is 264 g/mol. The Labute approximate surface area is 127 Å². The van der Waals surface area contributed by atoms with Crippen LogP contribution in [0.1, 0.15) is 38.3 Å². The lowest BCUT2D eigenvalue weighted by Crippen LogP contribution is -2.36. The molecule has 116 valence electrons. The third kappa shape index (κ3) is 3.97. The average Bonchev–Trinajstić information content (AvgIpc) is 2.87. The van der Waals surface area contributed by atoms with Crippen molar-refractivity contribution in [2.75, 3.05) is 26.7 Å². The number of likely N-dealkylation sites (tertiary alicyclic amines) is 1. The van der Waals surface area contributed by atoms with Gasteiger partial charge in [-0.2, -0.15) is 0 Å². The smallest absolute Gasteiger partial charge is 0.222 e. The van der Waals surface area contributed by atoms with E-state index >= 15 is 0 Å². The molecule has 2 rings (SSSR count). The van der Waals surface area contributed by atoms with E-state index in [0.717, 1.165) is 31.8 Å². The Morgan fingerprint density at radius 2 is 2.05 bits per heavy atom. The van der Waals surface area contributed by atoms with Crippen LogP contribution in [0.15, 0.2) is 24.3 Å². The second-order valence-corrected chi connectivity index (χ2v) is 5.66. The first-order valence-electron chi connectivity index (χ1n) is 7.83. The Kier molecular flexibility index (Phi) is 5.62. The zero-order chi connectivity index (χ0) is 15.2. The number of benzene rings is 1. The van der Waals surface area contributed by atoms with E-state index in [0.29, 0.717) is 18.2 Å². The van der Waals surface area contributed by atoms with Gasteiger partial charge in [0.25, 0.3) is 0 Å². The summed E-state index contributed by atoms with van der Waals surface area (Å²) < 4.78 is 5.20. The standard InChI is InChI=1S/C17H26N2O2/c1-4-13-10-17(20)19(11-13)12-16(18-5-2)14-6-8-15(21-3)9-7-14/h6-9,13,16,18H,4-5,10-12H2,1-3H3. The van der Waals surface area contributed by atoms with Gasteiger partial charge in [-0.3, -0.25) is 4.79 Å². The number of likely N-dealkylation sites (N-methyl/N-ethyl adjacent to an activating group) is 1. The zero-order valence-electron chi connectivity index (χ0n) is 13.3. The Balaban J connectivity index is 2.06. The maximum Gasteiger partial charge on any atom is 0.222 e. The summed E-state index contributed by atoms with van der Waals surface area (Å²) in [5.74, 6) is 1.67. The number of hydrogen-bond acceptors (Lipinski definition) is 3.